The van der Waals surface area contributed by atoms with Gasteiger partial charge in [0, 0.05) is 0 Å². The molecule has 2 unspecified atom stereocenters. The molecule has 2 fully saturated rings. The second-order valence-electron chi connectivity index (χ2n) is 6.35. The van der Waals surface area contributed by atoms with Gasteiger partial charge in [-0.1, -0.05) is 44.2 Å². The lowest BCUT2D eigenvalue weighted by atomic mass is 9.75. The molecule has 2 aliphatic rings. The molecule has 0 heterocycles. The number of benzene rings is 1. The number of esters is 1. The van der Waals surface area contributed by atoms with Gasteiger partial charge in [0.1, 0.15) is 6.61 Å². The van der Waals surface area contributed by atoms with E-state index in [1.165, 1.54) is 12.8 Å². The third-order valence-electron chi connectivity index (χ3n) is 5.23. The summed E-state index contributed by atoms with van der Waals surface area (Å²) in [5, 5.41) is 0. The highest BCUT2D eigenvalue weighted by Crippen LogP contribution is 2.55. The van der Waals surface area contributed by atoms with Crippen LogP contribution in [0.4, 0.5) is 0 Å². The Hall–Kier alpha value is -1.31. The van der Waals surface area contributed by atoms with Gasteiger partial charge in [-0.15, -0.1) is 0 Å². The van der Waals surface area contributed by atoms with Crippen molar-refractivity contribution in [3.63, 3.8) is 0 Å². The lowest BCUT2D eigenvalue weighted by molar-refractivity contribution is -0.154. The highest BCUT2D eigenvalue weighted by Gasteiger charge is 2.52. The SMILES string of the molecule is C[C@H]1CC2CC1[C@H](C)[C@H]2C(=O)OCc1ccccc1. The van der Waals surface area contributed by atoms with E-state index in [0.29, 0.717) is 18.4 Å². The van der Waals surface area contributed by atoms with Crippen LogP contribution in [0.5, 0.6) is 0 Å². The second kappa shape index (κ2) is 4.99. The number of carbonyl (C=O) groups excluding carboxylic acids is 1. The molecule has 1 aromatic carbocycles. The minimum atomic E-state index is 0.0238. The fourth-order valence-electron chi connectivity index (χ4n) is 4.28. The smallest absolute Gasteiger partial charge is 0.309 e. The van der Waals surface area contributed by atoms with Crippen LogP contribution in [0.3, 0.4) is 0 Å². The van der Waals surface area contributed by atoms with Crippen molar-refractivity contribution in [1.82, 2.24) is 0 Å². The molecule has 2 nitrogen and oxygen atoms in total. The first-order valence-corrected chi connectivity index (χ1v) is 7.37. The average Bonchev–Trinajstić information content (AvgIpc) is 2.93. The Labute approximate surface area is 115 Å². The largest absolute Gasteiger partial charge is 0.461 e. The van der Waals surface area contributed by atoms with Crippen molar-refractivity contribution in [2.45, 2.75) is 33.3 Å². The third kappa shape index (κ3) is 2.29. The summed E-state index contributed by atoms with van der Waals surface area (Å²) in [6.45, 7) is 4.97. The van der Waals surface area contributed by atoms with Gasteiger partial charge in [-0.25, -0.2) is 0 Å². The molecular weight excluding hydrogens is 236 g/mol. The summed E-state index contributed by atoms with van der Waals surface area (Å²) in [6.07, 6.45) is 2.44. The van der Waals surface area contributed by atoms with Crippen LogP contribution < -0.4 is 0 Å². The lowest BCUT2D eigenvalue weighted by Crippen LogP contribution is -2.32. The number of carbonyl (C=O) groups is 1. The molecule has 0 radical (unpaired) electrons. The Morgan fingerprint density at radius 3 is 2.58 bits per heavy atom. The van der Waals surface area contributed by atoms with Gasteiger partial charge in [0.2, 0.25) is 0 Å². The molecule has 1 aromatic rings. The number of ether oxygens (including phenoxy) is 1. The van der Waals surface area contributed by atoms with E-state index in [-0.39, 0.29) is 11.9 Å². The van der Waals surface area contributed by atoms with E-state index in [0.717, 1.165) is 17.4 Å². The molecule has 5 atom stereocenters. The van der Waals surface area contributed by atoms with Crippen LogP contribution in [0, 0.1) is 29.6 Å². The molecule has 102 valence electrons. The highest BCUT2D eigenvalue weighted by atomic mass is 16.5. The zero-order valence-corrected chi connectivity index (χ0v) is 11.7. The van der Waals surface area contributed by atoms with E-state index in [1.54, 1.807) is 0 Å². The molecule has 19 heavy (non-hydrogen) atoms. The van der Waals surface area contributed by atoms with Crippen molar-refractivity contribution in [2.24, 2.45) is 29.6 Å². The van der Waals surface area contributed by atoms with Gasteiger partial charge < -0.3 is 4.74 Å². The van der Waals surface area contributed by atoms with Crippen molar-refractivity contribution < 1.29 is 9.53 Å². The number of rotatable bonds is 3. The molecule has 2 aliphatic carbocycles. The zero-order chi connectivity index (χ0) is 13.4. The molecule has 0 amide bonds. The topological polar surface area (TPSA) is 26.3 Å². The van der Waals surface area contributed by atoms with Crippen LogP contribution in [-0.4, -0.2) is 5.97 Å². The van der Waals surface area contributed by atoms with Crippen LogP contribution in [0.1, 0.15) is 32.3 Å². The first kappa shape index (κ1) is 12.7. The van der Waals surface area contributed by atoms with Gasteiger partial charge in [0.05, 0.1) is 5.92 Å². The van der Waals surface area contributed by atoms with E-state index < -0.39 is 0 Å². The summed E-state index contributed by atoms with van der Waals surface area (Å²) in [6, 6.07) is 9.93. The monoisotopic (exact) mass is 258 g/mol. The van der Waals surface area contributed by atoms with Crippen molar-refractivity contribution in [2.75, 3.05) is 0 Å². The average molecular weight is 258 g/mol. The summed E-state index contributed by atoms with van der Waals surface area (Å²) in [5.41, 5.74) is 1.07. The summed E-state index contributed by atoms with van der Waals surface area (Å²) < 4.78 is 5.53. The van der Waals surface area contributed by atoms with Crippen molar-refractivity contribution in [3.8, 4) is 0 Å². The van der Waals surface area contributed by atoms with Crippen molar-refractivity contribution in [3.05, 3.63) is 35.9 Å². The Morgan fingerprint density at radius 1 is 1.21 bits per heavy atom. The Balaban J connectivity index is 1.60. The summed E-state index contributed by atoms with van der Waals surface area (Å²) >= 11 is 0. The number of hydrogen-bond acceptors (Lipinski definition) is 2. The highest BCUT2D eigenvalue weighted by molar-refractivity contribution is 5.74. The minimum Gasteiger partial charge on any atom is -0.461 e. The minimum absolute atomic E-state index is 0.0238. The predicted octanol–water partition coefficient (Wildman–Crippen LogP) is 3.66. The molecule has 2 heteroatoms. The lowest BCUT2D eigenvalue weighted by Gasteiger charge is -2.30. The van der Waals surface area contributed by atoms with E-state index in [1.807, 2.05) is 30.3 Å². The quantitative estimate of drug-likeness (QED) is 0.773. The number of hydrogen-bond donors (Lipinski definition) is 0. The van der Waals surface area contributed by atoms with Crippen LogP contribution in [0.2, 0.25) is 0 Å². The summed E-state index contributed by atoms with van der Waals surface area (Å²) in [5.74, 6) is 2.76. The Morgan fingerprint density at radius 2 is 1.95 bits per heavy atom. The standard InChI is InChI=1S/C17H22O2/c1-11-8-14-9-15(11)12(2)16(14)17(18)19-10-13-6-4-3-5-7-13/h3-7,11-12,14-16H,8-10H2,1-2H3/t11-,12-,14?,15?,16+/m0/s1. The fraction of sp³-hybridized carbons (Fsp3) is 0.588. The van der Waals surface area contributed by atoms with Gasteiger partial charge in [-0.05, 0) is 42.1 Å². The van der Waals surface area contributed by atoms with E-state index >= 15 is 0 Å². The van der Waals surface area contributed by atoms with Gasteiger partial charge in [-0.2, -0.15) is 0 Å². The maximum absolute atomic E-state index is 12.3. The Kier molecular flexibility index (Phi) is 3.34. The third-order valence-corrected chi connectivity index (χ3v) is 5.23. The molecule has 0 saturated heterocycles. The predicted molar refractivity (Wildman–Crippen MR) is 74.3 cm³/mol. The molecular formula is C17H22O2. The fourth-order valence-corrected chi connectivity index (χ4v) is 4.28. The number of fused-ring (bicyclic) bond motifs is 2. The van der Waals surface area contributed by atoms with E-state index in [4.69, 9.17) is 4.74 Å². The molecule has 3 rings (SSSR count). The molecule has 0 aromatic heterocycles. The Bertz CT molecular complexity index is 452. The summed E-state index contributed by atoms with van der Waals surface area (Å²) in [7, 11) is 0. The van der Waals surface area contributed by atoms with Crippen LogP contribution >= 0.6 is 0 Å². The first-order valence-electron chi connectivity index (χ1n) is 7.37. The zero-order valence-electron chi connectivity index (χ0n) is 11.7. The molecule has 0 aliphatic heterocycles. The van der Waals surface area contributed by atoms with Gasteiger partial charge >= 0.3 is 5.97 Å². The first-order chi connectivity index (χ1) is 9.16. The molecule has 0 N–H and O–H groups in total. The van der Waals surface area contributed by atoms with Gasteiger partial charge in [-0.3, -0.25) is 4.79 Å². The van der Waals surface area contributed by atoms with E-state index in [2.05, 4.69) is 13.8 Å². The van der Waals surface area contributed by atoms with Crippen molar-refractivity contribution >= 4 is 5.97 Å². The second-order valence-corrected chi connectivity index (χ2v) is 6.35. The molecule has 2 bridgehead atoms. The van der Waals surface area contributed by atoms with Crippen LogP contribution in [0.15, 0.2) is 30.3 Å². The maximum atomic E-state index is 12.3. The summed E-state index contributed by atoms with van der Waals surface area (Å²) in [4.78, 5) is 12.3. The van der Waals surface area contributed by atoms with Gasteiger partial charge in [0.25, 0.3) is 0 Å². The van der Waals surface area contributed by atoms with Gasteiger partial charge in [0.15, 0.2) is 0 Å². The molecule has 0 spiro atoms. The van der Waals surface area contributed by atoms with E-state index in [9.17, 15) is 4.79 Å². The maximum Gasteiger partial charge on any atom is 0.309 e. The van der Waals surface area contributed by atoms with Crippen LogP contribution in [-0.2, 0) is 16.1 Å². The van der Waals surface area contributed by atoms with Crippen molar-refractivity contribution in [1.29, 1.82) is 0 Å². The normalized spacial score (nSPS) is 36.4. The van der Waals surface area contributed by atoms with Crippen LogP contribution in [0.25, 0.3) is 0 Å². The molecule has 2 saturated carbocycles.